The number of nitrogens with zero attached hydrogens (tertiary/aromatic N) is 1. The lowest BCUT2D eigenvalue weighted by Gasteiger charge is -2.41. The van der Waals surface area contributed by atoms with Gasteiger partial charge in [-0.3, -0.25) is 4.79 Å². The van der Waals surface area contributed by atoms with Crippen molar-refractivity contribution in [3.8, 4) is 11.5 Å². The van der Waals surface area contributed by atoms with Crippen LogP contribution in [0.4, 0.5) is 0 Å². The maximum atomic E-state index is 13.6. The Labute approximate surface area is 184 Å². The van der Waals surface area contributed by atoms with Crippen LogP contribution in [0.25, 0.3) is 0 Å². The van der Waals surface area contributed by atoms with Gasteiger partial charge in [0, 0.05) is 17.6 Å². The Hall–Kier alpha value is -2.01. The minimum atomic E-state index is 0.238. The third-order valence-electron chi connectivity index (χ3n) is 6.50. The maximum absolute atomic E-state index is 13.6. The number of methoxy groups -OCH3 is 1. The standard InChI is InChI=1S/C25H33NO3S/c1-28-22-14-8-9-15-23(22)29-17-19-16-24(30-18-19)25(27)26(20-10-4-2-5-11-20)21-12-6-3-7-13-21/h8-9,14-16,18,20-21H,2-7,10-13,17H2,1H3. The highest BCUT2D eigenvalue weighted by Crippen LogP contribution is 2.33. The molecule has 1 amide bonds. The average molecular weight is 428 g/mol. The summed E-state index contributed by atoms with van der Waals surface area (Å²) in [4.78, 5) is 16.7. The van der Waals surface area contributed by atoms with Gasteiger partial charge in [0.1, 0.15) is 6.61 Å². The summed E-state index contributed by atoms with van der Waals surface area (Å²) in [5.41, 5.74) is 1.04. The van der Waals surface area contributed by atoms with Gasteiger partial charge in [0.15, 0.2) is 11.5 Å². The molecule has 30 heavy (non-hydrogen) atoms. The van der Waals surface area contributed by atoms with E-state index in [2.05, 4.69) is 10.3 Å². The smallest absolute Gasteiger partial charge is 0.264 e. The molecule has 1 heterocycles. The number of benzene rings is 1. The summed E-state index contributed by atoms with van der Waals surface area (Å²) in [6.07, 6.45) is 12.3. The summed E-state index contributed by atoms with van der Waals surface area (Å²) in [7, 11) is 1.65. The van der Waals surface area contributed by atoms with Gasteiger partial charge < -0.3 is 14.4 Å². The van der Waals surface area contributed by atoms with E-state index >= 15 is 0 Å². The van der Waals surface area contributed by atoms with Gasteiger partial charge in [-0.05, 0) is 49.3 Å². The quantitative estimate of drug-likeness (QED) is 0.510. The molecule has 0 radical (unpaired) electrons. The van der Waals surface area contributed by atoms with Gasteiger partial charge in [0.25, 0.3) is 5.91 Å². The van der Waals surface area contributed by atoms with Crippen molar-refractivity contribution < 1.29 is 14.3 Å². The van der Waals surface area contributed by atoms with E-state index in [1.54, 1.807) is 18.4 Å². The van der Waals surface area contributed by atoms with Crippen molar-refractivity contribution in [1.82, 2.24) is 4.90 Å². The Morgan fingerprint density at radius 1 is 0.967 bits per heavy atom. The lowest BCUT2D eigenvalue weighted by Crippen LogP contribution is -2.48. The van der Waals surface area contributed by atoms with Gasteiger partial charge in [-0.15, -0.1) is 11.3 Å². The lowest BCUT2D eigenvalue weighted by atomic mass is 9.88. The number of thiophene rings is 1. The molecule has 4 rings (SSSR count). The fourth-order valence-electron chi connectivity index (χ4n) is 4.94. The molecule has 2 aliphatic carbocycles. The largest absolute Gasteiger partial charge is 0.493 e. The van der Waals surface area contributed by atoms with Gasteiger partial charge in [-0.25, -0.2) is 0 Å². The highest BCUT2D eigenvalue weighted by Gasteiger charge is 2.33. The molecule has 0 atom stereocenters. The summed E-state index contributed by atoms with van der Waals surface area (Å²) in [6.45, 7) is 0.441. The summed E-state index contributed by atoms with van der Waals surface area (Å²) < 4.78 is 11.3. The Morgan fingerprint density at radius 2 is 1.57 bits per heavy atom. The molecule has 0 unspecified atom stereocenters. The van der Waals surface area contributed by atoms with Crippen LogP contribution in [0.1, 0.15) is 79.4 Å². The average Bonchev–Trinajstić information content (AvgIpc) is 3.28. The monoisotopic (exact) mass is 427 g/mol. The van der Waals surface area contributed by atoms with Crippen molar-refractivity contribution in [3.63, 3.8) is 0 Å². The zero-order valence-electron chi connectivity index (χ0n) is 18.0. The number of amides is 1. The highest BCUT2D eigenvalue weighted by atomic mass is 32.1. The number of ether oxygens (including phenoxy) is 2. The molecule has 0 aliphatic heterocycles. The Kier molecular flexibility index (Phi) is 7.32. The first-order chi connectivity index (χ1) is 14.8. The van der Waals surface area contributed by atoms with Crippen molar-refractivity contribution in [2.24, 2.45) is 0 Å². The van der Waals surface area contributed by atoms with E-state index in [-0.39, 0.29) is 5.91 Å². The number of hydrogen-bond donors (Lipinski definition) is 0. The molecule has 0 saturated heterocycles. The second-order valence-electron chi connectivity index (χ2n) is 8.55. The molecule has 0 bridgehead atoms. The maximum Gasteiger partial charge on any atom is 0.264 e. The Balaban J connectivity index is 1.46. The first kappa shape index (κ1) is 21.2. The molecule has 2 fully saturated rings. The predicted molar refractivity (Wildman–Crippen MR) is 122 cm³/mol. The van der Waals surface area contributed by atoms with Crippen LogP contribution in [0.15, 0.2) is 35.7 Å². The van der Waals surface area contributed by atoms with Crippen LogP contribution in [-0.4, -0.2) is 30.0 Å². The van der Waals surface area contributed by atoms with Crippen LogP contribution < -0.4 is 9.47 Å². The zero-order valence-corrected chi connectivity index (χ0v) is 18.8. The molecule has 2 saturated carbocycles. The van der Waals surface area contributed by atoms with E-state index in [0.717, 1.165) is 47.6 Å². The van der Waals surface area contributed by atoms with Gasteiger partial charge >= 0.3 is 0 Å². The van der Waals surface area contributed by atoms with Gasteiger partial charge in [0.05, 0.1) is 12.0 Å². The summed E-state index contributed by atoms with van der Waals surface area (Å²) in [6, 6.07) is 10.5. The minimum absolute atomic E-state index is 0.238. The van der Waals surface area contributed by atoms with E-state index in [1.165, 1.54) is 38.5 Å². The summed E-state index contributed by atoms with van der Waals surface area (Å²) >= 11 is 1.56. The van der Waals surface area contributed by atoms with E-state index in [0.29, 0.717) is 18.7 Å². The van der Waals surface area contributed by atoms with Gasteiger partial charge in [0.2, 0.25) is 0 Å². The predicted octanol–water partition coefficient (Wildman–Crippen LogP) is 6.44. The second kappa shape index (κ2) is 10.3. The third-order valence-corrected chi connectivity index (χ3v) is 7.47. The van der Waals surface area contributed by atoms with Crippen LogP contribution in [0.2, 0.25) is 0 Å². The van der Waals surface area contributed by atoms with E-state index < -0.39 is 0 Å². The Bertz CT molecular complexity index is 803. The molecule has 2 aromatic rings. The summed E-state index contributed by atoms with van der Waals surface area (Å²) in [5, 5.41) is 2.06. The van der Waals surface area contributed by atoms with Gasteiger partial charge in [-0.2, -0.15) is 0 Å². The fourth-order valence-corrected chi connectivity index (χ4v) is 5.78. The van der Waals surface area contributed by atoms with Crippen LogP contribution >= 0.6 is 11.3 Å². The van der Waals surface area contributed by atoms with Crippen LogP contribution in [0.3, 0.4) is 0 Å². The van der Waals surface area contributed by atoms with Crippen molar-refractivity contribution in [3.05, 3.63) is 46.2 Å². The number of carbonyl (C=O) groups is 1. The molecule has 162 valence electrons. The van der Waals surface area contributed by atoms with E-state index in [1.807, 2.05) is 30.3 Å². The van der Waals surface area contributed by atoms with Gasteiger partial charge in [-0.1, -0.05) is 50.7 Å². The minimum Gasteiger partial charge on any atom is -0.493 e. The van der Waals surface area contributed by atoms with E-state index in [4.69, 9.17) is 9.47 Å². The molecule has 0 spiro atoms. The van der Waals surface area contributed by atoms with Crippen LogP contribution in [-0.2, 0) is 6.61 Å². The molecule has 4 nitrogen and oxygen atoms in total. The second-order valence-corrected chi connectivity index (χ2v) is 9.47. The number of hydrogen-bond acceptors (Lipinski definition) is 4. The van der Waals surface area contributed by atoms with Crippen molar-refractivity contribution in [2.75, 3.05) is 7.11 Å². The third kappa shape index (κ3) is 5.00. The van der Waals surface area contributed by atoms with Crippen molar-refractivity contribution >= 4 is 17.2 Å². The fraction of sp³-hybridized carbons (Fsp3) is 0.560. The Morgan fingerprint density at radius 3 is 2.17 bits per heavy atom. The first-order valence-electron chi connectivity index (χ1n) is 11.4. The number of carbonyl (C=O) groups excluding carboxylic acids is 1. The molecule has 2 aliphatic rings. The van der Waals surface area contributed by atoms with Crippen molar-refractivity contribution in [1.29, 1.82) is 0 Å². The van der Waals surface area contributed by atoms with Crippen molar-refractivity contribution in [2.45, 2.75) is 82.9 Å². The van der Waals surface area contributed by atoms with Crippen LogP contribution in [0, 0.1) is 0 Å². The molecular formula is C25H33NO3S. The SMILES string of the molecule is COc1ccccc1OCc1csc(C(=O)N(C2CCCCC2)C2CCCCC2)c1. The summed E-state index contributed by atoms with van der Waals surface area (Å²) in [5.74, 6) is 1.69. The molecule has 1 aromatic heterocycles. The molecule has 5 heteroatoms. The van der Waals surface area contributed by atoms with Crippen LogP contribution in [0.5, 0.6) is 11.5 Å². The molecule has 0 N–H and O–H groups in total. The first-order valence-corrected chi connectivity index (χ1v) is 12.3. The van der Waals surface area contributed by atoms with E-state index in [9.17, 15) is 4.79 Å². The topological polar surface area (TPSA) is 38.8 Å². The molecule has 1 aromatic carbocycles. The number of rotatable bonds is 7. The number of para-hydroxylation sites is 2. The molecular weight excluding hydrogens is 394 g/mol. The normalized spacial score (nSPS) is 18.2. The lowest BCUT2D eigenvalue weighted by molar-refractivity contribution is 0.0453. The zero-order chi connectivity index (χ0) is 20.8. The highest BCUT2D eigenvalue weighted by molar-refractivity contribution is 7.12.